The number of likely N-dealkylation sites (N-methyl/N-ethyl adjacent to an activating group) is 2. The van der Waals surface area contributed by atoms with Gasteiger partial charge in [-0.15, -0.1) is 12.4 Å². The van der Waals surface area contributed by atoms with E-state index in [4.69, 9.17) is 9.47 Å². The number of rotatable bonds is 13. The van der Waals surface area contributed by atoms with Crippen LogP contribution in [0.3, 0.4) is 0 Å². The minimum absolute atomic E-state index is 0. The molecule has 0 spiro atoms. The van der Waals surface area contributed by atoms with E-state index in [1.165, 1.54) is 0 Å². The number of esters is 2. The molecule has 0 aliphatic carbocycles. The van der Waals surface area contributed by atoms with E-state index in [1.54, 1.807) is 24.3 Å². The molecule has 0 N–H and O–H groups in total. The predicted octanol–water partition coefficient (Wildman–Crippen LogP) is 4.77. The molecule has 0 radical (unpaired) electrons. The van der Waals surface area contributed by atoms with E-state index in [1.807, 2.05) is 24.3 Å². The van der Waals surface area contributed by atoms with Crippen LogP contribution in [-0.2, 0) is 9.47 Å². The largest absolute Gasteiger partial charge is 0.461 e. The van der Waals surface area contributed by atoms with Gasteiger partial charge in [-0.05, 0) is 61.6 Å². The molecule has 2 rings (SSSR count). The van der Waals surface area contributed by atoms with Crippen molar-refractivity contribution in [3.8, 4) is 11.1 Å². The normalized spacial score (nSPS) is 10.7. The number of halogens is 1. The summed E-state index contributed by atoms with van der Waals surface area (Å²) in [7, 11) is 0. The van der Waals surface area contributed by atoms with Gasteiger partial charge in [-0.25, -0.2) is 9.59 Å². The highest BCUT2D eigenvalue weighted by molar-refractivity contribution is 5.91. The molecule has 0 saturated heterocycles. The SMILES string of the molecule is CCN(CC)CCOC(=O)c1ccc(-c2ccc(C(=O)OCCN(CC)CC)cc2)cc1.Cl. The Bertz CT molecular complexity index is 761. The van der Waals surface area contributed by atoms with Crippen LogP contribution in [0.25, 0.3) is 11.1 Å². The minimum atomic E-state index is -0.313. The lowest BCUT2D eigenvalue weighted by Crippen LogP contribution is -2.27. The summed E-state index contributed by atoms with van der Waals surface area (Å²) in [4.78, 5) is 28.9. The van der Waals surface area contributed by atoms with Gasteiger partial charge in [0, 0.05) is 13.1 Å². The van der Waals surface area contributed by atoms with Crippen LogP contribution in [-0.4, -0.2) is 74.2 Å². The highest BCUT2D eigenvalue weighted by Crippen LogP contribution is 2.21. The van der Waals surface area contributed by atoms with Crippen molar-refractivity contribution in [3.05, 3.63) is 59.7 Å². The summed E-state index contributed by atoms with van der Waals surface area (Å²) in [6.45, 7) is 14.4. The average Bonchev–Trinajstić information content (AvgIpc) is 2.84. The molecule has 0 atom stereocenters. The van der Waals surface area contributed by atoms with Crippen LogP contribution in [0.1, 0.15) is 48.4 Å². The van der Waals surface area contributed by atoms with Crippen molar-refractivity contribution in [3.63, 3.8) is 0 Å². The van der Waals surface area contributed by atoms with Crippen molar-refractivity contribution in [1.82, 2.24) is 9.80 Å². The molecule has 6 nitrogen and oxygen atoms in total. The van der Waals surface area contributed by atoms with Gasteiger partial charge in [0.15, 0.2) is 0 Å². The van der Waals surface area contributed by atoms with Gasteiger partial charge in [0.25, 0.3) is 0 Å². The van der Waals surface area contributed by atoms with Gasteiger partial charge >= 0.3 is 11.9 Å². The highest BCUT2D eigenvalue weighted by Gasteiger charge is 2.11. The quantitative estimate of drug-likeness (QED) is 0.388. The van der Waals surface area contributed by atoms with Crippen LogP contribution in [0.5, 0.6) is 0 Å². The fraction of sp³-hybridized carbons (Fsp3) is 0.462. The first-order valence-corrected chi connectivity index (χ1v) is 11.5. The monoisotopic (exact) mass is 476 g/mol. The zero-order valence-corrected chi connectivity index (χ0v) is 21.0. The molecule has 0 aliphatic heterocycles. The second-order valence-corrected chi connectivity index (χ2v) is 7.48. The molecule has 0 saturated carbocycles. The molecule has 2 aromatic rings. The fourth-order valence-electron chi connectivity index (χ4n) is 3.38. The van der Waals surface area contributed by atoms with Crippen LogP contribution < -0.4 is 0 Å². The molecule has 0 fully saturated rings. The molecule has 0 aliphatic rings. The Labute approximate surface area is 204 Å². The molecule has 2 aromatic carbocycles. The lowest BCUT2D eigenvalue weighted by atomic mass is 10.0. The lowest BCUT2D eigenvalue weighted by Gasteiger charge is -2.17. The standard InChI is InChI=1S/C26H36N2O4.ClH/c1-5-27(6-2)17-19-31-25(29)23-13-9-21(10-14-23)22-11-15-24(16-12-22)26(30)32-20-18-28(7-3)8-4;/h9-16H,5-8,17-20H2,1-4H3;1H. The first-order chi connectivity index (χ1) is 15.5. The summed E-state index contributed by atoms with van der Waals surface area (Å²) < 4.78 is 10.8. The van der Waals surface area contributed by atoms with Crippen molar-refractivity contribution in [1.29, 1.82) is 0 Å². The molecule has 182 valence electrons. The zero-order valence-electron chi connectivity index (χ0n) is 20.2. The van der Waals surface area contributed by atoms with Crippen LogP contribution in [0.2, 0.25) is 0 Å². The summed E-state index contributed by atoms with van der Waals surface area (Å²) in [5.74, 6) is -0.627. The van der Waals surface area contributed by atoms with Gasteiger partial charge in [0.1, 0.15) is 13.2 Å². The lowest BCUT2D eigenvalue weighted by molar-refractivity contribution is 0.0457. The zero-order chi connectivity index (χ0) is 23.3. The molecule has 0 amide bonds. The smallest absolute Gasteiger partial charge is 0.338 e. The first kappa shape index (κ1) is 28.6. The fourth-order valence-corrected chi connectivity index (χ4v) is 3.38. The maximum Gasteiger partial charge on any atom is 0.338 e. The number of ether oxygens (including phenoxy) is 2. The number of carbonyl (C=O) groups excluding carboxylic acids is 2. The number of carbonyl (C=O) groups is 2. The molecule has 0 unspecified atom stereocenters. The number of nitrogens with zero attached hydrogens (tertiary/aromatic N) is 2. The van der Waals surface area contributed by atoms with E-state index in [9.17, 15) is 9.59 Å². The molecule has 0 heterocycles. The van der Waals surface area contributed by atoms with Gasteiger partial charge in [0.05, 0.1) is 11.1 Å². The van der Waals surface area contributed by atoms with Crippen molar-refractivity contribution in [2.75, 3.05) is 52.5 Å². The molecule has 7 heteroatoms. The number of hydrogen-bond donors (Lipinski definition) is 0. The van der Waals surface area contributed by atoms with Crippen LogP contribution >= 0.6 is 12.4 Å². The van der Waals surface area contributed by atoms with E-state index in [0.717, 1.165) is 50.4 Å². The maximum atomic E-state index is 12.2. The second-order valence-electron chi connectivity index (χ2n) is 7.48. The molecular weight excluding hydrogens is 440 g/mol. The highest BCUT2D eigenvalue weighted by atomic mass is 35.5. The first-order valence-electron chi connectivity index (χ1n) is 11.5. The molecular formula is C26H37ClN2O4. The van der Waals surface area contributed by atoms with Crippen LogP contribution in [0, 0.1) is 0 Å². The third kappa shape index (κ3) is 9.16. The van der Waals surface area contributed by atoms with E-state index in [0.29, 0.717) is 24.3 Å². The molecule has 33 heavy (non-hydrogen) atoms. The molecule has 0 aromatic heterocycles. The van der Waals surface area contributed by atoms with Gasteiger partial charge in [-0.2, -0.15) is 0 Å². The van der Waals surface area contributed by atoms with E-state index in [2.05, 4.69) is 37.5 Å². The van der Waals surface area contributed by atoms with E-state index < -0.39 is 0 Å². The Balaban J connectivity index is 0.00000544. The number of benzene rings is 2. The van der Waals surface area contributed by atoms with Gasteiger partial charge in [-0.3, -0.25) is 0 Å². The van der Waals surface area contributed by atoms with Crippen LogP contribution in [0.15, 0.2) is 48.5 Å². The Morgan fingerprint density at radius 3 is 1.18 bits per heavy atom. The van der Waals surface area contributed by atoms with Crippen molar-refractivity contribution < 1.29 is 19.1 Å². The molecule has 0 bridgehead atoms. The van der Waals surface area contributed by atoms with Crippen molar-refractivity contribution in [2.24, 2.45) is 0 Å². The third-order valence-corrected chi connectivity index (χ3v) is 5.64. The Morgan fingerprint density at radius 2 is 0.909 bits per heavy atom. The summed E-state index contributed by atoms with van der Waals surface area (Å²) in [5.41, 5.74) is 2.99. The summed E-state index contributed by atoms with van der Waals surface area (Å²) in [5, 5.41) is 0. The van der Waals surface area contributed by atoms with Gasteiger partial charge in [0.2, 0.25) is 0 Å². The Kier molecular flexibility index (Phi) is 13.4. The predicted molar refractivity (Wildman–Crippen MR) is 135 cm³/mol. The summed E-state index contributed by atoms with van der Waals surface area (Å²) in [6.07, 6.45) is 0. The minimum Gasteiger partial charge on any atom is -0.461 e. The van der Waals surface area contributed by atoms with Crippen LogP contribution in [0.4, 0.5) is 0 Å². The average molecular weight is 477 g/mol. The van der Waals surface area contributed by atoms with E-state index >= 15 is 0 Å². The summed E-state index contributed by atoms with van der Waals surface area (Å²) >= 11 is 0. The van der Waals surface area contributed by atoms with E-state index in [-0.39, 0.29) is 24.3 Å². The topological polar surface area (TPSA) is 59.1 Å². The third-order valence-electron chi connectivity index (χ3n) is 5.64. The number of hydrogen-bond acceptors (Lipinski definition) is 6. The van der Waals surface area contributed by atoms with Crippen molar-refractivity contribution in [2.45, 2.75) is 27.7 Å². The Morgan fingerprint density at radius 1 is 0.606 bits per heavy atom. The summed E-state index contributed by atoms with van der Waals surface area (Å²) in [6, 6.07) is 14.6. The van der Waals surface area contributed by atoms with Gasteiger partial charge in [-0.1, -0.05) is 52.0 Å². The maximum absolute atomic E-state index is 12.2. The second kappa shape index (κ2) is 15.4. The van der Waals surface area contributed by atoms with Gasteiger partial charge < -0.3 is 19.3 Å². The van der Waals surface area contributed by atoms with Crippen molar-refractivity contribution >= 4 is 24.3 Å². The Hall–Kier alpha value is -2.41.